The molecule has 1 spiro atoms. The smallest absolute Gasteiger partial charge is 0.222 e. The molecule has 0 aromatic carbocycles. The van der Waals surface area contributed by atoms with Gasteiger partial charge in [0.1, 0.15) is 0 Å². The average molecular weight is 357 g/mol. The first-order chi connectivity index (χ1) is 12.6. The Labute approximate surface area is 157 Å². The van der Waals surface area contributed by atoms with Gasteiger partial charge in [0.2, 0.25) is 5.91 Å². The molecule has 1 atom stereocenters. The number of amides is 1. The van der Waals surface area contributed by atoms with Crippen molar-refractivity contribution in [3.8, 4) is 0 Å². The Hall–Kier alpha value is -1.75. The summed E-state index contributed by atoms with van der Waals surface area (Å²) in [6.07, 6.45) is 13.4. The van der Waals surface area contributed by atoms with Crippen molar-refractivity contribution in [3.63, 3.8) is 0 Å². The van der Waals surface area contributed by atoms with E-state index in [1.807, 2.05) is 17.9 Å². The van der Waals surface area contributed by atoms with Gasteiger partial charge in [0.05, 0.1) is 24.1 Å². The van der Waals surface area contributed by atoms with Crippen LogP contribution >= 0.6 is 0 Å². The Kier molecular flexibility index (Phi) is 6.41. The molecule has 5 nitrogen and oxygen atoms in total. The van der Waals surface area contributed by atoms with E-state index in [0.717, 1.165) is 37.3 Å². The Balaban J connectivity index is 1.59. The van der Waals surface area contributed by atoms with Crippen LogP contribution in [0, 0.1) is 12.3 Å². The fourth-order valence-electron chi connectivity index (χ4n) is 4.40. The molecule has 0 aliphatic carbocycles. The molecule has 0 saturated carbocycles. The lowest BCUT2D eigenvalue weighted by Crippen LogP contribution is -2.53. The lowest BCUT2D eigenvalue weighted by atomic mass is 9.73. The number of unbranched alkanes of at least 4 members (excludes halogenated alkanes) is 2. The molecule has 142 valence electrons. The number of aryl methyl sites for hydroxylation is 1. The minimum atomic E-state index is 0.265. The number of likely N-dealkylation sites (tertiary alicyclic amines) is 2. The van der Waals surface area contributed by atoms with Crippen LogP contribution in [0.1, 0.15) is 56.3 Å². The quantitative estimate of drug-likeness (QED) is 0.555. The maximum Gasteiger partial charge on any atom is 0.222 e. The van der Waals surface area contributed by atoms with E-state index >= 15 is 0 Å². The first kappa shape index (κ1) is 19.0. The van der Waals surface area contributed by atoms with Gasteiger partial charge in [-0.15, -0.1) is 6.58 Å². The summed E-state index contributed by atoms with van der Waals surface area (Å²) >= 11 is 0. The number of carbonyl (C=O) groups excluding carboxylic acids is 1. The molecule has 1 amide bonds. The van der Waals surface area contributed by atoms with E-state index in [4.69, 9.17) is 0 Å². The average Bonchev–Trinajstić information content (AvgIpc) is 2.64. The highest BCUT2D eigenvalue weighted by atomic mass is 16.2. The molecule has 2 aliphatic heterocycles. The number of aromatic nitrogens is 2. The highest BCUT2D eigenvalue weighted by Gasteiger charge is 2.41. The summed E-state index contributed by atoms with van der Waals surface area (Å²) in [6, 6.07) is 0. The first-order valence-electron chi connectivity index (χ1n) is 9.99. The second-order valence-corrected chi connectivity index (χ2v) is 8.06. The molecule has 0 bridgehead atoms. The third-order valence-corrected chi connectivity index (χ3v) is 5.81. The van der Waals surface area contributed by atoms with E-state index in [9.17, 15) is 4.79 Å². The molecule has 0 radical (unpaired) electrons. The number of piperidine rings is 2. The standard InChI is InChI=1S/C21H32N4O/c1-3-4-5-6-11-24-12-7-9-21(16-24)10-8-20(26)25(17-21)15-19-14-22-18(2)13-23-19/h3,13-14H,1,4-12,15-17H2,2H3. The highest BCUT2D eigenvalue weighted by molar-refractivity contribution is 5.77. The minimum Gasteiger partial charge on any atom is -0.336 e. The molecule has 2 saturated heterocycles. The zero-order valence-corrected chi connectivity index (χ0v) is 16.1. The fourth-order valence-corrected chi connectivity index (χ4v) is 4.40. The van der Waals surface area contributed by atoms with E-state index in [0.29, 0.717) is 13.0 Å². The lowest BCUT2D eigenvalue weighted by Gasteiger charge is -2.48. The summed E-state index contributed by atoms with van der Waals surface area (Å²) < 4.78 is 0. The van der Waals surface area contributed by atoms with Crippen molar-refractivity contribution in [2.75, 3.05) is 26.2 Å². The Morgan fingerprint density at radius 3 is 2.88 bits per heavy atom. The number of nitrogens with zero attached hydrogens (tertiary/aromatic N) is 4. The van der Waals surface area contributed by atoms with Gasteiger partial charge in [-0.1, -0.05) is 6.08 Å². The van der Waals surface area contributed by atoms with E-state index < -0.39 is 0 Å². The van der Waals surface area contributed by atoms with Crippen LogP contribution in [0.2, 0.25) is 0 Å². The van der Waals surface area contributed by atoms with Crippen LogP contribution in [-0.4, -0.2) is 51.9 Å². The minimum absolute atomic E-state index is 0.265. The largest absolute Gasteiger partial charge is 0.336 e. The van der Waals surface area contributed by atoms with Gasteiger partial charge in [-0.2, -0.15) is 0 Å². The third-order valence-electron chi connectivity index (χ3n) is 5.81. The second-order valence-electron chi connectivity index (χ2n) is 8.06. The van der Waals surface area contributed by atoms with Crippen LogP contribution in [-0.2, 0) is 11.3 Å². The maximum absolute atomic E-state index is 12.5. The Bertz CT molecular complexity index is 615. The van der Waals surface area contributed by atoms with Gasteiger partial charge in [0.15, 0.2) is 0 Å². The van der Waals surface area contributed by atoms with Gasteiger partial charge < -0.3 is 9.80 Å². The Morgan fingerprint density at radius 2 is 2.12 bits per heavy atom. The number of rotatable bonds is 7. The molecule has 1 unspecified atom stereocenters. The molecule has 1 aromatic heterocycles. The zero-order valence-electron chi connectivity index (χ0n) is 16.1. The van der Waals surface area contributed by atoms with E-state index in [1.165, 1.54) is 38.8 Å². The number of hydrogen-bond acceptors (Lipinski definition) is 4. The van der Waals surface area contributed by atoms with Crippen LogP contribution in [0.25, 0.3) is 0 Å². The molecule has 0 N–H and O–H groups in total. The molecule has 3 heterocycles. The van der Waals surface area contributed by atoms with E-state index in [1.54, 1.807) is 12.4 Å². The predicted molar refractivity (Wildman–Crippen MR) is 104 cm³/mol. The molecule has 2 fully saturated rings. The van der Waals surface area contributed by atoms with Gasteiger partial charge in [-0.3, -0.25) is 14.8 Å². The molecule has 1 aromatic rings. The van der Waals surface area contributed by atoms with Crippen molar-refractivity contribution in [1.29, 1.82) is 0 Å². The molecule has 2 aliphatic rings. The number of hydrogen-bond donors (Lipinski definition) is 0. The van der Waals surface area contributed by atoms with Crippen LogP contribution < -0.4 is 0 Å². The molecular weight excluding hydrogens is 324 g/mol. The second kappa shape index (κ2) is 8.76. The summed E-state index contributed by atoms with van der Waals surface area (Å²) in [5.41, 5.74) is 2.07. The summed E-state index contributed by atoms with van der Waals surface area (Å²) in [6.45, 7) is 10.7. The van der Waals surface area contributed by atoms with E-state index in [-0.39, 0.29) is 11.3 Å². The van der Waals surface area contributed by atoms with Gasteiger partial charge in [0, 0.05) is 31.1 Å². The van der Waals surface area contributed by atoms with Crippen molar-refractivity contribution >= 4 is 5.91 Å². The predicted octanol–water partition coefficient (Wildman–Crippen LogP) is 3.35. The summed E-state index contributed by atoms with van der Waals surface area (Å²) in [4.78, 5) is 25.9. The van der Waals surface area contributed by atoms with Crippen molar-refractivity contribution < 1.29 is 4.79 Å². The van der Waals surface area contributed by atoms with Gasteiger partial charge in [-0.05, 0) is 58.5 Å². The van der Waals surface area contributed by atoms with Crippen LogP contribution in [0.5, 0.6) is 0 Å². The summed E-state index contributed by atoms with van der Waals surface area (Å²) in [5, 5.41) is 0. The van der Waals surface area contributed by atoms with Gasteiger partial charge in [-0.25, -0.2) is 0 Å². The van der Waals surface area contributed by atoms with Crippen LogP contribution in [0.15, 0.2) is 25.0 Å². The third kappa shape index (κ3) is 4.91. The zero-order chi connectivity index (χ0) is 18.4. The topological polar surface area (TPSA) is 49.3 Å². The summed E-state index contributed by atoms with van der Waals surface area (Å²) in [7, 11) is 0. The van der Waals surface area contributed by atoms with Gasteiger partial charge >= 0.3 is 0 Å². The van der Waals surface area contributed by atoms with E-state index in [2.05, 4.69) is 21.4 Å². The van der Waals surface area contributed by atoms with Crippen molar-refractivity contribution in [3.05, 3.63) is 36.4 Å². The SMILES string of the molecule is C=CCCCCN1CCCC2(CCC(=O)N(Cc3cnc(C)cn3)C2)C1. The van der Waals surface area contributed by atoms with Gasteiger partial charge in [0.25, 0.3) is 0 Å². The van der Waals surface area contributed by atoms with Crippen LogP contribution in [0.4, 0.5) is 0 Å². The molecule has 5 heteroatoms. The number of allylic oxidation sites excluding steroid dienone is 1. The number of carbonyl (C=O) groups is 1. The summed E-state index contributed by atoms with van der Waals surface area (Å²) in [5.74, 6) is 0.265. The first-order valence-corrected chi connectivity index (χ1v) is 9.99. The van der Waals surface area contributed by atoms with Crippen molar-refractivity contribution in [2.24, 2.45) is 5.41 Å². The lowest BCUT2D eigenvalue weighted by molar-refractivity contribution is -0.140. The molecular formula is C21H32N4O. The fraction of sp³-hybridized carbons (Fsp3) is 0.667. The molecule has 26 heavy (non-hydrogen) atoms. The van der Waals surface area contributed by atoms with Crippen molar-refractivity contribution in [2.45, 2.75) is 58.4 Å². The maximum atomic E-state index is 12.5. The molecule has 3 rings (SSSR count). The normalized spacial score (nSPS) is 24.2. The van der Waals surface area contributed by atoms with Crippen molar-refractivity contribution in [1.82, 2.24) is 19.8 Å². The van der Waals surface area contributed by atoms with Crippen LogP contribution in [0.3, 0.4) is 0 Å². The highest BCUT2D eigenvalue weighted by Crippen LogP contribution is 2.39. The Morgan fingerprint density at radius 1 is 1.23 bits per heavy atom. The monoisotopic (exact) mass is 356 g/mol.